The molecule has 1 aromatic carbocycles. The molecule has 0 amide bonds. The van der Waals surface area contributed by atoms with Crippen molar-refractivity contribution in [2.75, 3.05) is 13.2 Å². The van der Waals surface area contributed by atoms with Crippen LogP contribution in [0.15, 0.2) is 47.6 Å². The molecule has 0 saturated heterocycles. The van der Waals surface area contributed by atoms with Gasteiger partial charge in [-0.2, -0.15) is 0 Å². The van der Waals surface area contributed by atoms with Crippen LogP contribution >= 0.6 is 0 Å². The highest BCUT2D eigenvalue weighted by molar-refractivity contribution is 5.89. The highest BCUT2D eigenvalue weighted by Gasteiger charge is 2.07. The summed E-state index contributed by atoms with van der Waals surface area (Å²) < 4.78 is 4.85. The van der Waals surface area contributed by atoms with Gasteiger partial charge < -0.3 is 9.84 Å². The van der Waals surface area contributed by atoms with Crippen molar-refractivity contribution >= 4 is 12.0 Å². The summed E-state index contributed by atoms with van der Waals surface area (Å²) in [5.74, 6) is -0.390. The molecule has 0 aliphatic rings. The van der Waals surface area contributed by atoms with E-state index in [4.69, 9.17) is 9.84 Å². The predicted molar refractivity (Wildman–Crippen MR) is 71.9 cm³/mol. The van der Waals surface area contributed by atoms with Gasteiger partial charge in [0.1, 0.15) is 6.61 Å². The highest BCUT2D eigenvalue weighted by atomic mass is 16.5. The molecular formula is C15H18O3. The van der Waals surface area contributed by atoms with Crippen LogP contribution in [-0.2, 0) is 9.53 Å². The highest BCUT2D eigenvalue weighted by Crippen LogP contribution is 2.10. The Morgan fingerprint density at radius 1 is 1.28 bits per heavy atom. The molecule has 0 bridgehead atoms. The number of hydrogen-bond acceptors (Lipinski definition) is 3. The van der Waals surface area contributed by atoms with E-state index in [0.717, 1.165) is 11.1 Å². The minimum Gasteiger partial charge on any atom is -0.460 e. The lowest BCUT2D eigenvalue weighted by molar-refractivity contribution is -0.139. The van der Waals surface area contributed by atoms with E-state index in [2.05, 4.69) is 0 Å². The first-order valence-electron chi connectivity index (χ1n) is 5.83. The van der Waals surface area contributed by atoms with Gasteiger partial charge in [-0.3, -0.25) is 0 Å². The summed E-state index contributed by atoms with van der Waals surface area (Å²) in [6, 6.07) is 9.85. The Kier molecular flexibility index (Phi) is 5.88. The molecule has 3 nitrogen and oxygen atoms in total. The van der Waals surface area contributed by atoms with Crippen LogP contribution in [0.25, 0.3) is 6.08 Å². The average molecular weight is 246 g/mol. The quantitative estimate of drug-likeness (QED) is 0.493. The Hall–Kier alpha value is -1.87. The zero-order chi connectivity index (χ0) is 13.4. The monoisotopic (exact) mass is 246 g/mol. The molecule has 0 saturated carbocycles. The SMILES string of the molecule is CC(C=Cc1ccccc1)=C(C)C(=O)OCCO. The Balaban J connectivity index is 2.70. The fourth-order valence-electron chi connectivity index (χ4n) is 1.32. The van der Waals surface area contributed by atoms with Gasteiger partial charge in [0.2, 0.25) is 0 Å². The molecule has 0 aromatic heterocycles. The Morgan fingerprint density at radius 2 is 1.94 bits per heavy atom. The zero-order valence-corrected chi connectivity index (χ0v) is 10.7. The maximum absolute atomic E-state index is 11.5. The molecule has 1 aromatic rings. The molecule has 0 spiro atoms. The number of esters is 1. The lowest BCUT2D eigenvalue weighted by Gasteiger charge is -2.04. The van der Waals surface area contributed by atoms with Crippen LogP contribution in [0.3, 0.4) is 0 Å². The summed E-state index contributed by atoms with van der Waals surface area (Å²) >= 11 is 0. The second kappa shape index (κ2) is 7.45. The number of aliphatic hydroxyl groups is 1. The molecule has 0 radical (unpaired) electrons. The number of allylic oxidation sites excluding steroid dienone is 2. The molecular weight excluding hydrogens is 228 g/mol. The van der Waals surface area contributed by atoms with E-state index < -0.39 is 0 Å². The van der Waals surface area contributed by atoms with Gasteiger partial charge in [-0.05, 0) is 25.0 Å². The van der Waals surface area contributed by atoms with E-state index in [0.29, 0.717) is 5.57 Å². The average Bonchev–Trinajstić information content (AvgIpc) is 2.42. The number of ether oxygens (including phenoxy) is 1. The van der Waals surface area contributed by atoms with E-state index in [1.165, 1.54) is 0 Å². The summed E-state index contributed by atoms with van der Waals surface area (Å²) in [7, 11) is 0. The van der Waals surface area contributed by atoms with Gasteiger partial charge in [-0.25, -0.2) is 4.79 Å². The molecule has 0 atom stereocenters. The number of aliphatic hydroxyl groups excluding tert-OH is 1. The van der Waals surface area contributed by atoms with Crippen molar-refractivity contribution in [1.82, 2.24) is 0 Å². The first-order valence-corrected chi connectivity index (χ1v) is 5.83. The Morgan fingerprint density at radius 3 is 2.56 bits per heavy atom. The maximum atomic E-state index is 11.5. The molecule has 0 aliphatic heterocycles. The van der Waals surface area contributed by atoms with Gasteiger partial charge >= 0.3 is 5.97 Å². The fourth-order valence-corrected chi connectivity index (χ4v) is 1.32. The van der Waals surface area contributed by atoms with Crippen molar-refractivity contribution in [3.63, 3.8) is 0 Å². The molecule has 18 heavy (non-hydrogen) atoms. The molecule has 0 aliphatic carbocycles. The predicted octanol–water partition coefficient (Wildman–Crippen LogP) is 2.57. The van der Waals surface area contributed by atoms with E-state index in [1.807, 2.05) is 49.4 Å². The summed E-state index contributed by atoms with van der Waals surface area (Å²) in [6.07, 6.45) is 3.82. The van der Waals surface area contributed by atoms with E-state index >= 15 is 0 Å². The van der Waals surface area contributed by atoms with Crippen molar-refractivity contribution in [2.45, 2.75) is 13.8 Å². The first kappa shape index (κ1) is 14.2. The minimum absolute atomic E-state index is 0.0336. The Labute approximate surface area is 107 Å². The lowest BCUT2D eigenvalue weighted by Crippen LogP contribution is -2.10. The van der Waals surface area contributed by atoms with Crippen LogP contribution in [0.4, 0.5) is 0 Å². The van der Waals surface area contributed by atoms with Gasteiger partial charge in [0.05, 0.1) is 6.61 Å². The standard InChI is InChI=1S/C15H18O3/c1-12(13(2)15(17)18-11-10-16)8-9-14-6-4-3-5-7-14/h3-9,16H,10-11H2,1-2H3. The molecule has 0 heterocycles. The number of benzene rings is 1. The second-order valence-electron chi connectivity index (χ2n) is 3.91. The third-order valence-corrected chi connectivity index (χ3v) is 2.55. The summed E-state index contributed by atoms with van der Waals surface area (Å²) in [4.78, 5) is 11.5. The summed E-state index contributed by atoms with van der Waals surface area (Å²) in [6.45, 7) is 3.45. The normalized spacial score (nSPS) is 12.4. The molecule has 3 heteroatoms. The van der Waals surface area contributed by atoms with Crippen LogP contribution in [0.1, 0.15) is 19.4 Å². The van der Waals surface area contributed by atoms with Crippen LogP contribution in [0.5, 0.6) is 0 Å². The van der Waals surface area contributed by atoms with Gasteiger partial charge in [-0.1, -0.05) is 42.5 Å². The molecule has 1 N–H and O–H groups in total. The smallest absolute Gasteiger partial charge is 0.334 e. The zero-order valence-electron chi connectivity index (χ0n) is 10.7. The van der Waals surface area contributed by atoms with E-state index in [1.54, 1.807) is 6.92 Å². The molecule has 0 unspecified atom stereocenters. The third-order valence-electron chi connectivity index (χ3n) is 2.55. The topological polar surface area (TPSA) is 46.5 Å². The minimum atomic E-state index is -0.390. The van der Waals surface area contributed by atoms with Crippen molar-refractivity contribution in [2.24, 2.45) is 0 Å². The van der Waals surface area contributed by atoms with E-state index in [9.17, 15) is 4.79 Å². The van der Waals surface area contributed by atoms with Gasteiger partial charge in [0, 0.05) is 5.57 Å². The van der Waals surface area contributed by atoms with E-state index in [-0.39, 0.29) is 19.2 Å². The molecule has 1 rings (SSSR count). The van der Waals surface area contributed by atoms with Crippen LogP contribution < -0.4 is 0 Å². The van der Waals surface area contributed by atoms with Crippen LogP contribution in [0, 0.1) is 0 Å². The van der Waals surface area contributed by atoms with Gasteiger partial charge in [0.25, 0.3) is 0 Å². The number of rotatable bonds is 5. The number of hydrogen-bond donors (Lipinski definition) is 1. The second-order valence-corrected chi connectivity index (χ2v) is 3.91. The van der Waals surface area contributed by atoms with Gasteiger partial charge in [0.15, 0.2) is 0 Å². The third kappa shape index (κ3) is 4.55. The van der Waals surface area contributed by atoms with Crippen molar-refractivity contribution in [3.05, 3.63) is 53.1 Å². The lowest BCUT2D eigenvalue weighted by atomic mass is 10.1. The van der Waals surface area contributed by atoms with Crippen LogP contribution in [-0.4, -0.2) is 24.3 Å². The Bertz CT molecular complexity index is 444. The number of carbonyl (C=O) groups is 1. The number of carbonyl (C=O) groups excluding carboxylic acids is 1. The maximum Gasteiger partial charge on any atom is 0.334 e. The molecule has 0 fully saturated rings. The van der Waals surface area contributed by atoms with Crippen molar-refractivity contribution < 1.29 is 14.6 Å². The summed E-state index contributed by atoms with van der Waals surface area (Å²) in [5.41, 5.74) is 2.48. The van der Waals surface area contributed by atoms with Gasteiger partial charge in [-0.15, -0.1) is 0 Å². The summed E-state index contributed by atoms with van der Waals surface area (Å²) in [5, 5.41) is 8.58. The largest absolute Gasteiger partial charge is 0.460 e. The first-order chi connectivity index (χ1) is 8.65. The van der Waals surface area contributed by atoms with Crippen molar-refractivity contribution in [1.29, 1.82) is 0 Å². The van der Waals surface area contributed by atoms with Crippen molar-refractivity contribution in [3.8, 4) is 0 Å². The van der Waals surface area contributed by atoms with Crippen LogP contribution in [0.2, 0.25) is 0 Å². The fraction of sp³-hybridized carbons (Fsp3) is 0.267. The molecule has 96 valence electrons.